The summed E-state index contributed by atoms with van der Waals surface area (Å²) in [6, 6.07) is -3.45. The molecule has 18 N–H and O–H groups in total. The maximum absolute atomic E-state index is 14.5. The minimum absolute atomic E-state index is 0.00359. The first-order valence-electron chi connectivity index (χ1n) is 27.3. The van der Waals surface area contributed by atoms with Crippen molar-refractivity contribution >= 4 is 53.2 Å². The SMILES string of the molecule is CCCCCCCCCC(=O)N[C@H](CCN)C(=O)N[C@H]1CCNC(=O)[C@H]([C@@H](C)O)NC(=O)[C@H](CCN)NC(=O)[C@H](CCN)NC(=O)[C@H](CC(C)C)NC(=O)[C@@H](Cc2ccc(C(C)(C)C)cc2)NC(=O)[C@H](CCN)NC1=O. The number of hydrogen-bond acceptors (Lipinski definition) is 14. The van der Waals surface area contributed by atoms with Crippen LogP contribution in [0.3, 0.4) is 0 Å². The highest BCUT2D eigenvalue weighted by Gasteiger charge is 2.36. The van der Waals surface area contributed by atoms with E-state index in [1.165, 1.54) is 6.92 Å². The fraction of sp³-hybridized carbons (Fsp3) is 0.717. The van der Waals surface area contributed by atoms with Gasteiger partial charge in [0, 0.05) is 19.4 Å². The van der Waals surface area contributed by atoms with Gasteiger partial charge in [0.1, 0.15) is 48.3 Å². The minimum atomic E-state index is -1.60. The number of rotatable bonds is 24. The molecule has 0 bridgehead atoms. The van der Waals surface area contributed by atoms with E-state index in [2.05, 4.69) is 54.8 Å². The molecule has 1 saturated heterocycles. The van der Waals surface area contributed by atoms with Crippen molar-refractivity contribution < 1.29 is 48.3 Å². The van der Waals surface area contributed by atoms with Crippen molar-refractivity contribution in [2.45, 2.75) is 205 Å². The average Bonchev–Trinajstić information content (AvgIpc) is 3.35. The summed E-state index contributed by atoms with van der Waals surface area (Å²) in [5, 5.41) is 34.6. The molecule has 1 fully saturated rings. The Morgan fingerprint density at radius 2 is 1.11 bits per heavy atom. The fourth-order valence-corrected chi connectivity index (χ4v) is 8.55. The largest absolute Gasteiger partial charge is 0.391 e. The molecular formula is C53H93N13O10. The number of amides is 9. The first kappa shape index (κ1) is 66.4. The van der Waals surface area contributed by atoms with Crippen molar-refractivity contribution in [2.24, 2.45) is 28.9 Å². The van der Waals surface area contributed by atoms with Crippen LogP contribution < -0.4 is 70.8 Å². The van der Waals surface area contributed by atoms with Crippen LogP contribution in [0.4, 0.5) is 0 Å². The molecule has 0 spiro atoms. The van der Waals surface area contributed by atoms with E-state index in [4.69, 9.17) is 22.9 Å². The van der Waals surface area contributed by atoms with E-state index in [9.17, 15) is 48.3 Å². The number of hydrogen-bond donors (Lipinski definition) is 14. The highest BCUT2D eigenvalue weighted by Crippen LogP contribution is 2.23. The average molecular weight is 1070 g/mol. The lowest BCUT2D eigenvalue weighted by molar-refractivity contribution is -0.136. The second-order valence-electron chi connectivity index (χ2n) is 21.3. The lowest BCUT2D eigenvalue weighted by atomic mass is 9.86. The van der Waals surface area contributed by atoms with Crippen LogP contribution in [0.1, 0.15) is 149 Å². The zero-order valence-corrected chi connectivity index (χ0v) is 46.2. The van der Waals surface area contributed by atoms with Crippen LogP contribution in [-0.2, 0) is 55.0 Å². The van der Waals surface area contributed by atoms with Crippen LogP contribution in [0.5, 0.6) is 0 Å². The van der Waals surface area contributed by atoms with Gasteiger partial charge in [0.15, 0.2) is 0 Å². The van der Waals surface area contributed by atoms with Gasteiger partial charge in [-0.25, -0.2) is 0 Å². The van der Waals surface area contributed by atoms with E-state index >= 15 is 0 Å². The predicted octanol–water partition coefficient (Wildman–Crippen LogP) is -1.11. The lowest BCUT2D eigenvalue weighted by Crippen LogP contribution is -2.61. The number of nitrogens with one attached hydrogen (secondary N) is 9. The zero-order chi connectivity index (χ0) is 57.0. The quantitative estimate of drug-likeness (QED) is 0.0546. The van der Waals surface area contributed by atoms with Gasteiger partial charge in [0.25, 0.3) is 0 Å². The van der Waals surface area contributed by atoms with Gasteiger partial charge in [-0.1, -0.05) is 104 Å². The normalized spacial score (nSPS) is 22.9. The van der Waals surface area contributed by atoms with E-state index in [0.717, 1.165) is 44.1 Å². The van der Waals surface area contributed by atoms with Crippen molar-refractivity contribution in [3.8, 4) is 0 Å². The predicted molar refractivity (Wildman–Crippen MR) is 290 cm³/mol. The Labute approximate surface area is 449 Å². The summed E-state index contributed by atoms with van der Waals surface area (Å²) in [7, 11) is 0. The molecule has 1 heterocycles. The molecule has 0 aliphatic carbocycles. The number of unbranched alkanes of at least 4 members (excludes halogenated alkanes) is 6. The van der Waals surface area contributed by atoms with E-state index < -0.39 is 102 Å². The molecule has 0 saturated carbocycles. The molecule has 9 amide bonds. The minimum Gasteiger partial charge on any atom is -0.391 e. The van der Waals surface area contributed by atoms with Gasteiger partial charge in [-0.05, 0) is 101 Å². The summed E-state index contributed by atoms with van der Waals surface area (Å²) in [4.78, 5) is 126. The number of carbonyl (C=O) groups excluding carboxylic acids is 9. The number of nitrogens with two attached hydrogens (primary N) is 4. The Balaban J connectivity index is 2.72. The first-order chi connectivity index (χ1) is 36.0. The first-order valence-corrected chi connectivity index (χ1v) is 27.3. The Kier molecular flexibility index (Phi) is 30.4. The van der Waals surface area contributed by atoms with Crippen LogP contribution >= 0.6 is 0 Å². The Hall–Kier alpha value is -5.75. The second-order valence-corrected chi connectivity index (χ2v) is 21.3. The summed E-state index contributed by atoms with van der Waals surface area (Å²) in [5.41, 5.74) is 25.1. The van der Waals surface area contributed by atoms with Crippen molar-refractivity contribution in [1.29, 1.82) is 0 Å². The molecule has 1 aliphatic heterocycles. The fourth-order valence-electron chi connectivity index (χ4n) is 8.55. The van der Waals surface area contributed by atoms with E-state index in [1.54, 1.807) is 0 Å². The van der Waals surface area contributed by atoms with Gasteiger partial charge >= 0.3 is 0 Å². The van der Waals surface area contributed by atoms with Gasteiger partial charge in [-0.15, -0.1) is 0 Å². The van der Waals surface area contributed by atoms with E-state index in [1.807, 2.05) is 58.9 Å². The van der Waals surface area contributed by atoms with Crippen molar-refractivity contribution in [1.82, 2.24) is 47.9 Å². The van der Waals surface area contributed by atoms with Gasteiger partial charge in [-0.2, -0.15) is 0 Å². The molecule has 76 heavy (non-hydrogen) atoms. The molecular weight excluding hydrogens is 979 g/mol. The van der Waals surface area contributed by atoms with Crippen molar-refractivity contribution in [3.05, 3.63) is 35.4 Å². The van der Waals surface area contributed by atoms with E-state index in [-0.39, 0.29) is 101 Å². The Morgan fingerprint density at radius 3 is 1.61 bits per heavy atom. The van der Waals surface area contributed by atoms with Crippen molar-refractivity contribution in [2.75, 3.05) is 32.7 Å². The molecule has 1 aromatic rings. The highest BCUT2D eigenvalue weighted by atomic mass is 16.3. The molecule has 430 valence electrons. The maximum atomic E-state index is 14.5. The molecule has 23 heteroatoms. The van der Waals surface area contributed by atoms with Crippen LogP contribution in [0, 0.1) is 5.92 Å². The summed E-state index contributed by atoms with van der Waals surface area (Å²) >= 11 is 0. The number of benzene rings is 1. The van der Waals surface area contributed by atoms with Gasteiger partial charge in [0.2, 0.25) is 53.2 Å². The highest BCUT2D eigenvalue weighted by molar-refractivity contribution is 5.98. The Morgan fingerprint density at radius 1 is 0.632 bits per heavy atom. The summed E-state index contributed by atoms with van der Waals surface area (Å²) in [6.07, 6.45) is 4.89. The molecule has 0 unspecified atom stereocenters. The van der Waals surface area contributed by atoms with E-state index in [0.29, 0.717) is 12.0 Å². The monoisotopic (exact) mass is 1070 g/mol. The van der Waals surface area contributed by atoms with Gasteiger partial charge < -0.3 is 75.9 Å². The standard InChI is InChI=1S/C53H93N13O10/c1-8-9-10-11-12-13-14-15-43(68)59-36(20-25-54)45(69)63-40-24-29-58-52(76)44(33(4)67)66-49(73)39(23-28-57)61-46(70)37(21-26-55)62-50(74)41(30-32(2)3)64-51(75)42(65-47(71)38(22-27-56)60-48(40)72)31-34-16-18-35(19-17-34)53(5,6)7/h16-19,32-33,36-42,44,67H,8-15,20-31,54-57H2,1-7H3,(H,58,76)(H,59,68)(H,60,72)(H,61,70)(H,62,74)(H,63,69)(H,64,75)(H,65,71)(H,66,73)/t33-,36-,37+,38+,39+,40+,41+,42-,44+/m1/s1. The third kappa shape index (κ3) is 24.1. The second kappa shape index (κ2) is 34.8. The zero-order valence-electron chi connectivity index (χ0n) is 46.2. The third-order valence-electron chi connectivity index (χ3n) is 13.0. The smallest absolute Gasteiger partial charge is 0.245 e. The van der Waals surface area contributed by atoms with Crippen molar-refractivity contribution in [3.63, 3.8) is 0 Å². The van der Waals surface area contributed by atoms with Crippen LogP contribution in [0.2, 0.25) is 0 Å². The molecule has 2 rings (SSSR count). The number of aliphatic hydroxyl groups excluding tert-OH is 1. The summed E-state index contributed by atoms with van der Waals surface area (Å²) in [5.74, 6) is -7.19. The Bertz CT molecular complexity index is 2020. The maximum Gasteiger partial charge on any atom is 0.245 e. The van der Waals surface area contributed by atoms with Crippen LogP contribution in [0.25, 0.3) is 0 Å². The topological polar surface area (TPSA) is 386 Å². The summed E-state index contributed by atoms with van der Waals surface area (Å²) in [6.45, 7) is 12.5. The number of carbonyl (C=O) groups is 9. The number of aliphatic hydroxyl groups is 1. The molecule has 0 aromatic heterocycles. The van der Waals surface area contributed by atoms with Gasteiger partial charge in [0.05, 0.1) is 6.10 Å². The molecule has 1 aromatic carbocycles. The van der Waals surface area contributed by atoms with Crippen LogP contribution in [-0.4, -0.2) is 145 Å². The third-order valence-corrected chi connectivity index (χ3v) is 13.0. The molecule has 9 atom stereocenters. The van der Waals surface area contributed by atoms with Gasteiger partial charge in [-0.3, -0.25) is 43.2 Å². The summed E-state index contributed by atoms with van der Waals surface area (Å²) < 4.78 is 0. The molecule has 23 nitrogen and oxygen atoms in total. The molecule has 0 radical (unpaired) electrons. The lowest BCUT2D eigenvalue weighted by Gasteiger charge is -2.28. The van der Waals surface area contributed by atoms with Crippen LogP contribution in [0.15, 0.2) is 24.3 Å². The molecule has 1 aliphatic rings.